The molecule has 1 aliphatic rings. The Morgan fingerprint density at radius 1 is 1.62 bits per heavy atom. The van der Waals surface area contributed by atoms with Crippen molar-refractivity contribution in [3.8, 4) is 5.75 Å². The van der Waals surface area contributed by atoms with Crippen molar-refractivity contribution < 1.29 is 9.53 Å². The first-order chi connectivity index (χ1) is 7.15. The average Bonchev–Trinajstić information content (AvgIpc) is 2.92. The molecule has 1 amide bonds. The Labute approximate surface area is 99.8 Å². The summed E-state index contributed by atoms with van der Waals surface area (Å²) in [4.78, 5) is 14.8. The number of nitrogens with one attached hydrogen (secondary N) is 1. The summed E-state index contributed by atoms with van der Waals surface area (Å²) < 4.78 is 5.52. The highest BCUT2D eigenvalue weighted by atomic mass is 35.5. The summed E-state index contributed by atoms with van der Waals surface area (Å²) in [6.45, 7) is 1.42. The smallest absolute Gasteiger partial charge is 0.222 e. The van der Waals surface area contributed by atoms with Crippen LogP contribution in [0.3, 0.4) is 0 Å². The Kier molecular flexibility index (Phi) is 3.95. The molecule has 1 heterocycles. The van der Waals surface area contributed by atoms with Gasteiger partial charge in [-0.2, -0.15) is 0 Å². The third-order valence-corrected chi connectivity index (χ3v) is 2.02. The number of amides is 1. The van der Waals surface area contributed by atoms with Crippen molar-refractivity contribution in [2.45, 2.75) is 25.9 Å². The predicted octanol–water partition coefficient (Wildman–Crippen LogP) is 1.59. The van der Waals surface area contributed by atoms with Crippen LogP contribution in [0.2, 0.25) is 0 Å². The number of aromatic nitrogens is 1. The predicted molar refractivity (Wildman–Crippen MR) is 63.9 cm³/mol. The van der Waals surface area contributed by atoms with Crippen LogP contribution in [0, 0.1) is 0 Å². The lowest BCUT2D eigenvalue weighted by Crippen LogP contribution is -2.08. The second kappa shape index (κ2) is 5.03. The fourth-order valence-electron chi connectivity index (χ4n) is 1.17. The minimum Gasteiger partial charge on any atom is -0.487 e. The van der Waals surface area contributed by atoms with E-state index < -0.39 is 0 Å². The lowest BCUT2D eigenvalue weighted by atomic mass is 10.3. The topological polar surface area (TPSA) is 77.2 Å². The van der Waals surface area contributed by atoms with E-state index in [1.54, 1.807) is 12.3 Å². The maximum Gasteiger partial charge on any atom is 0.222 e. The van der Waals surface area contributed by atoms with Crippen LogP contribution < -0.4 is 15.8 Å². The zero-order valence-corrected chi connectivity index (χ0v) is 9.71. The van der Waals surface area contributed by atoms with Crippen molar-refractivity contribution in [1.29, 1.82) is 0 Å². The molecule has 0 aromatic carbocycles. The summed E-state index contributed by atoms with van der Waals surface area (Å²) in [5.74, 6) is 0.868. The number of anilines is 2. The molecule has 0 atom stereocenters. The molecule has 2 rings (SSSR count). The van der Waals surface area contributed by atoms with Crippen molar-refractivity contribution in [3.05, 3.63) is 12.3 Å². The van der Waals surface area contributed by atoms with Gasteiger partial charge in [0.25, 0.3) is 0 Å². The zero-order chi connectivity index (χ0) is 10.8. The number of nitrogens with two attached hydrogens (primary N) is 1. The summed E-state index contributed by atoms with van der Waals surface area (Å²) in [5, 5.41) is 2.56. The molecule has 0 spiro atoms. The average molecular weight is 244 g/mol. The second-order valence-corrected chi connectivity index (χ2v) is 3.61. The minimum atomic E-state index is -0.169. The number of pyridine rings is 1. The van der Waals surface area contributed by atoms with Crippen molar-refractivity contribution in [2.75, 3.05) is 11.1 Å². The van der Waals surface area contributed by atoms with Crippen molar-refractivity contribution >= 4 is 29.8 Å². The number of carbonyl (C=O) groups is 1. The molecule has 1 aliphatic carbocycles. The molecule has 1 aromatic rings. The molecule has 1 saturated carbocycles. The quantitative estimate of drug-likeness (QED) is 0.845. The molecule has 16 heavy (non-hydrogen) atoms. The first-order valence-electron chi connectivity index (χ1n) is 4.85. The zero-order valence-electron chi connectivity index (χ0n) is 8.90. The van der Waals surface area contributed by atoms with E-state index in [2.05, 4.69) is 10.3 Å². The van der Waals surface area contributed by atoms with Crippen LogP contribution in [-0.2, 0) is 4.79 Å². The molecule has 6 heteroatoms. The van der Waals surface area contributed by atoms with E-state index in [9.17, 15) is 4.79 Å². The fourth-order valence-corrected chi connectivity index (χ4v) is 1.17. The largest absolute Gasteiger partial charge is 0.487 e. The van der Waals surface area contributed by atoms with Gasteiger partial charge in [-0.05, 0) is 12.8 Å². The number of ether oxygens (including phenoxy) is 1. The van der Waals surface area contributed by atoms with Crippen LogP contribution in [0.5, 0.6) is 5.75 Å². The number of hydrogen-bond donors (Lipinski definition) is 2. The third kappa shape index (κ3) is 3.27. The van der Waals surface area contributed by atoms with Crippen LogP contribution in [0.1, 0.15) is 19.8 Å². The van der Waals surface area contributed by atoms with Crippen molar-refractivity contribution in [1.82, 2.24) is 4.98 Å². The highest BCUT2D eigenvalue weighted by molar-refractivity contribution is 5.88. The Bertz CT molecular complexity index is 394. The van der Waals surface area contributed by atoms with Crippen LogP contribution >= 0.6 is 12.4 Å². The van der Waals surface area contributed by atoms with E-state index in [-0.39, 0.29) is 18.3 Å². The second-order valence-electron chi connectivity index (χ2n) is 3.61. The van der Waals surface area contributed by atoms with E-state index in [4.69, 9.17) is 10.5 Å². The van der Waals surface area contributed by atoms with Crippen molar-refractivity contribution in [3.63, 3.8) is 0 Å². The highest BCUT2D eigenvalue weighted by Crippen LogP contribution is 2.30. The number of nitrogens with zero attached hydrogens (tertiary/aromatic N) is 1. The van der Waals surface area contributed by atoms with E-state index in [1.807, 2.05) is 0 Å². The van der Waals surface area contributed by atoms with Gasteiger partial charge in [-0.1, -0.05) is 0 Å². The molecule has 0 unspecified atom stereocenters. The van der Waals surface area contributed by atoms with Gasteiger partial charge < -0.3 is 15.8 Å². The van der Waals surface area contributed by atoms with Crippen LogP contribution in [0.25, 0.3) is 0 Å². The van der Waals surface area contributed by atoms with Crippen molar-refractivity contribution in [2.24, 2.45) is 0 Å². The Morgan fingerprint density at radius 3 is 2.81 bits per heavy atom. The van der Waals surface area contributed by atoms with Crippen LogP contribution in [-0.4, -0.2) is 17.0 Å². The van der Waals surface area contributed by atoms with E-state index in [1.165, 1.54) is 6.92 Å². The Balaban J connectivity index is 0.00000128. The molecule has 0 aliphatic heterocycles. The van der Waals surface area contributed by atoms with Gasteiger partial charge in [0.15, 0.2) is 5.75 Å². The van der Waals surface area contributed by atoms with E-state index in [0.717, 1.165) is 12.8 Å². The number of nitrogen functional groups attached to an aromatic ring is 1. The molecule has 5 nitrogen and oxygen atoms in total. The van der Waals surface area contributed by atoms with Gasteiger partial charge >= 0.3 is 0 Å². The third-order valence-electron chi connectivity index (χ3n) is 2.02. The van der Waals surface area contributed by atoms with Gasteiger partial charge in [0.05, 0.1) is 18.0 Å². The van der Waals surface area contributed by atoms with Crippen LogP contribution in [0.4, 0.5) is 11.5 Å². The summed E-state index contributed by atoms with van der Waals surface area (Å²) >= 11 is 0. The number of carbonyl (C=O) groups excluding carboxylic acids is 1. The van der Waals surface area contributed by atoms with Gasteiger partial charge in [0, 0.05) is 13.0 Å². The molecule has 0 saturated heterocycles. The number of rotatable bonds is 3. The Morgan fingerprint density at radius 2 is 2.31 bits per heavy atom. The molecule has 3 N–H and O–H groups in total. The molecular formula is C10H14ClN3O2. The number of halogens is 1. The lowest BCUT2D eigenvalue weighted by molar-refractivity contribution is -0.114. The molecule has 0 bridgehead atoms. The van der Waals surface area contributed by atoms with E-state index in [0.29, 0.717) is 23.4 Å². The summed E-state index contributed by atoms with van der Waals surface area (Å²) in [7, 11) is 0. The summed E-state index contributed by atoms with van der Waals surface area (Å²) in [6, 6.07) is 1.60. The first kappa shape index (κ1) is 12.6. The molecular weight excluding hydrogens is 230 g/mol. The summed E-state index contributed by atoms with van der Waals surface area (Å²) in [5.41, 5.74) is 6.26. The minimum absolute atomic E-state index is 0. The van der Waals surface area contributed by atoms with Gasteiger partial charge in [0.2, 0.25) is 5.91 Å². The number of hydrogen-bond acceptors (Lipinski definition) is 4. The molecule has 1 fully saturated rings. The SMILES string of the molecule is CC(=O)Nc1cc(N)c(OC2CC2)cn1.Cl. The Hall–Kier alpha value is -1.49. The standard InChI is InChI=1S/C10H13N3O2.ClH/c1-6(14)13-10-4-8(11)9(5-12-10)15-7-2-3-7;/h4-5,7H,2-3H2,1H3,(H3,11,12,13,14);1H. The maximum absolute atomic E-state index is 10.8. The normalized spacial score (nSPS) is 13.8. The van der Waals surface area contributed by atoms with Gasteiger partial charge in [-0.25, -0.2) is 4.98 Å². The highest BCUT2D eigenvalue weighted by Gasteiger charge is 2.24. The van der Waals surface area contributed by atoms with Gasteiger partial charge in [0.1, 0.15) is 5.82 Å². The lowest BCUT2D eigenvalue weighted by Gasteiger charge is -2.08. The molecule has 88 valence electrons. The van der Waals surface area contributed by atoms with Gasteiger partial charge in [-0.15, -0.1) is 12.4 Å². The van der Waals surface area contributed by atoms with Gasteiger partial charge in [-0.3, -0.25) is 4.79 Å². The molecule has 0 radical (unpaired) electrons. The molecule has 1 aromatic heterocycles. The monoisotopic (exact) mass is 243 g/mol. The fraction of sp³-hybridized carbons (Fsp3) is 0.400. The van der Waals surface area contributed by atoms with E-state index >= 15 is 0 Å². The summed E-state index contributed by atoms with van der Waals surface area (Å²) in [6.07, 6.45) is 3.99. The maximum atomic E-state index is 10.8. The first-order valence-corrected chi connectivity index (χ1v) is 4.85. The van der Waals surface area contributed by atoms with Crippen LogP contribution in [0.15, 0.2) is 12.3 Å².